The normalized spacial score (nSPS) is 18.2. The molecule has 3 N–H and O–H groups in total. The number of aliphatic hydroxyl groups is 1. The van der Waals surface area contributed by atoms with Crippen molar-refractivity contribution in [2.24, 2.45) is 7.05 Å². The van der Waals surface area contributed by atoms with Gasteiger partial charge in [0.05, 0.1) is 12.2 Å². The van der Waals surface area contributed by atoms with Crippen LogP contribution in [0.25, 0.3) is 0 Å². The van der Waals surface area contributed by atoms with Crippen molar-refractivity contribution in [3.05, 3.63) is 47.0 Å². The Hall–Kier alpha value is -2.74. The van der Waals surface area contributed by atoms with E-state index < -0.39 is 27.8 Å². The van der Waals surface area contributed by atoms with Crippen molar-refractivity contribution in [3.63, 3.8) is 0 Å². The van der Waals surface area contributed by atoms with Crippen molar-refractivity contribution in [1.82, 2.24) is 9.29 Å². The summed E-state index contributed by atoms with van der Waals surface area (Å²) in [5.41, 5.74) is 0.504. The third-order valence-corrected chi connectivity index (χ3v) is 5.96. The van der Waals surface area contributed by atoms with E-state index in [1.54, 1.807) is 13.1 Å². The topological polar surface area (TPSA) is 124 Å². The maximum Gasteiger partial charge on any atom is 0.272 e. The molecular formula is C17H17FN4O4S. The number of aromatic nitrogens is 1. The predicted octanol–water partition coefficient (Wildman–Crippen LogP) is 0.874. The molecule has 1 amide bonds. The van der Waals surface area contributed by atoms with E-state index in [0.717, 1.165) is 6.07 Å². The van der Waals surface area contributed by atoms with Gasteiger partial charge in [0.25, 0.3) is 5.91 Å². The zero-order chi connectivity index (χ0) is 19.8. The van der Waals surface area contributed by atoms with E-state index in [9.17, 15) is 22.7 Å². The predicted molar refractivity (Wildman–Crippen MR) is 94.0 cm³/mol. The zero-order valence-electron chi connectivity index (χ0n) is 14.4. The van der Waals surface area contributed by atoms with Gasteiger partial charge in [-0.15, -0.1) is 0 Å². The highest BCUT2D eigenvalue weighted by Crippen LogP contribution is 2.28. The summed E-state index contributed by atoms with van der Waals surface area (Å²) >= 11 is 0. The second-order valence-electron chi connectivity index (χ2n) is 6.23. The first kappa shape index (κ1) is 19.0. The number of anilines is 1. The number of sulfonamides is 1. The molecule has 10 heteroatoms. The summed E-state index contributed by atoms with van der Waals surface area (Å²) in [6.07, 6.45) is 1.96. The van der Waals surface area contributed by atoms with Crippen LogP contribution < -0.4 is 10.0 Å². The van der Waals surface area contributed by atoms with Crippen LogP contribution in [-0.4, -0.2) is 36.6 Å². The summed E-state index contributed by atoms with van der Waals surface area (Å²) in [5.74, 6) is -1.28. The second-order valence-corrected chi connectivity index (χ2v) is 7.91. The van der Waals surface area contributed by atoms with E-state index >= 15 is 0 Å². The van der Waals surface area contributed by atoms with Gasteiger partial charge in [0.15, 0.2) is 0 Å². The van der Waals surface area contributed by atoms with Crippen molar-refractivity contribution in [2.75, 3.05) is 11.9 Å². The quantitative estimate of drug-likeness (QED) is 0.715. The molecule has 2 aromatic rings. The van der Waals surface area contributed by atoms with Crippen LogP contribution in [0.4, 0.5) is 10.1 Å². The van der Waals surface area contributed by atoms with Crippen LogP contribution in [0.5, 0.6) is 0 Å². The Morgan fingerprint density at radius 3 is 2.93 bits per heavy atom. The van der Waals surface area contributed by atoms with Gasteiger partial charge in [0.2, 0.25) is 10.0 Å². The summed E-state index contributed by atoms with van der Waals surface area (Å²) in [6.45, 7) is -0.344. The monoisotopic (exact) mass is 392 g/mol. The number of fused-ring (bicyclic) bond motifs is 1. The minimum Gasteiger partial charge on any atom is -0.395 e. The lowest BCUT2D eigenvalue weighted by molar-refractivity contribution is 0.101. The van der Waals surface area contributed by atoms with E-state index in [4.69, 9.17) is 5.26 Å². The Morgan fingerprint density at radius 1 is 1.52 bits per heavy atom. The van der Waals surface area contributed by atoms with Crippen molar-refractivity contribution in [2.45, 2.75) is 23.8 Å². The maximum atomic E-state index is 13.4. The molecule has 1 atom stereocenters. The van der Waals surface area contributed by atoms with Crippen LogP contribution in [0, 0.1) is 17.1 Å². The zero-order valence-corrected chi connectivity index (χ0v) is 15.2. The average molecular weight is 392 g/mol. The standard InChI is InChI=1S/C17H17FN4O4S/c1-22-8-15-13(4-2-12(9-23)21-27(15,25)26)16(22)17(24)20-11-3-5-14(18)10(6-11)7-19/h3,5-6,8,12,21,23H,2,4,9H2,1H3,(H,20,24)/t12-/m1/s1. The maximum absolute atomic E-state index is 13.4. The van der Waals surface area contributed by atoms with Crippen LogP contribution in [0.15, 0.2) is 29.3 Å². The van der Waals surface area contributed by atoms with E-state index in [-0.39, 0.29) is 34.9 Å². The van der Waals surface area contributed by atoms with Crippen molar-refractivity contribution in [1.29, 1.82) is 5.26 Å². The van der Waals surface area contributed by atoms with Gasteiger partial charge in [-0.25, -0.2) is 17.5 Å². The number of nitrogens with one attached hydrogen (secondary N) is 2. The van der Waals surface area contributed by atoms with Gasteiger partial charge in [-0.05, 0) is 31.0 Å². The van der Waals surface area contributed by atoms with E-state index in [0.29, 0.717) is 12.0 Å². The van der Waals surface area contributed by atoms with Crippen molar-refractivity contribution < 1.29 is 22.7 Å². The number of benzene rings is 1. The number of nitriles is 1. The molecule has 27 heavy (non-hydrogen) atoms. The highest BCUT2D eigenvalue weighted by Gasteiger charge is 2.32. The first-order chi connectivity index (χ1) is 12.8. The van der Waals surface area contributed by atoms with Crippen LogP contribution in [0.1, 0.15) is 28.0 Å². The summed E-state index contributed by atoms with van der Waals surface area (Å²) in [7, 11) is -2.32. The summed E-state index contributed by atoms with van der Waals surface area (Å²) < 4.78 is 42.2. The molecule has 0 aliphatic carbocycles. The number of aliphatic hydroxyl groups excluding tert-OH is 1. The highest BCUT2D eigenvalue weighted by atomic mass is 32.2. The first-order valence-corrected chi connectivity index (χ1v) is 9.57. The number of carbonyl (C=O) groups is 1. The molecule has 0 spiro atoms. The Kier molecular flexibility index (Phi) is 5.01. The fourth-order valence-corrected chi connectivity index (χ4v) is 4.66. The van der Waals surface area contributed by atoms with E-state index in [2.05, 4.69) is 10.0 Å². The van der Waals surface area contributed by atoms with Crippen molar-refractivity contribution in [3.8, 4) is 6.07 Å². The molecule has 0 unspecified atom stereocenters. The van der Waals surface area contributed by atoms with Gasteiger partial charge in [0, 0.05) is 30.5 Å². The smallest absolute Gasteiger partial charge is 0.272 e. The molecule has 8 nitrogen and oxygen atoms in total. The molecule has 0 radical (unpaired) electrons. The average Bonchev–Trinajstić information content (AvgIpc) is 2.91. The van der Waals surface area contributed by atoms with Crippen LogP contribution in [0.3, 0.4) is 0 Å². The van der Waals surface area contributed by atoms with Crippen molar-refractivity contribution >= 4 is 21.6 Å². The fraction of sp³-hybridized carbons (Fsp3) is 0.294. The molecular weight excluding hydrogens is 375 g/mol. The Bertz CT molecular complexity index is 1060. The molecule has 1 aliphatic heterocycles. The number of carbonyl (C=O) groups excluding carboxylic acids is 1. The minimum absolute atomic E-state index is 0.0112. The molecule has 0 saturated heterocycles. The lowest BCUT2D eigenvalue weighted by atomic mass is 10.1. The number of amides is 1. The molecule has 1 aromatic heterocycles. The van der Waals surface area contributed by atoms with E-state index in [1.807, 2.05) is 0 Å². The summed E-state index contributed by atoms with van der Waals surface area (Å²) in [4.78, 5) is 12.7. The number of hydrogen-bond acceptors (Lipinski definition) is 5. The highest BCUT2D eigenvalue weighted by molar-refractivity contribution is 7.89. The van der Waals surface area contributed by atoms with Crippen LogP contribution >= 0.6 is 0 Å². The molecule has 3 rings (SSSR count). The van der Waals surface area contributed by atoms with Gasteiger partial charge < -0.3 is 15.0 Å². The van der Waals surface area contributed by atoms with Crippen LogP contribution in [-0.2, 0) is 23.5 Å². The van der Waals surface area contributed by atoms with Gasteiger partial charge in [0.1, 0.15) is 22.5 Å². The van der Waals surface area contributed by atoms with Gasteiger partial charge in [-0.3, -0.25) is 4.79 Å². The van der Waals surface area contributed by atoms with Crippen LogP contribution in [0.2, 0.25) is 0 Å². The number of hydrogen-bond donors (Lipinski definition) is 3. The molecule has 0 bridgehead atoms. The Labute approximate surface area is 155 Å². The van der Waals surface area contributed by atoms with Gasteiger partial charge in [-0.2, -0.15) is 5.26 Å². The van der Waals surface area contributed by atoms with Gasteiger partial charge >= 0.3 is 0 Å². The molecule has 1 aromatic carbocycles. The fourth-order valence-electron chi connectivity index (χ4n) is 3.09. The van der Waals surface area contributed by atoms with E-state index in [1.165, 1.54) is 22.9 Å². The Morgan fingerprint density at radius 2 is 2.26 bits per heavy atom. The summed E-state index contributed by atoms with van der Waals surface area (Å²) in [6, 6.07) is 4.65. The van der Waals surface area contributed by atoms with Gasteiger partial charge in [-0.1, -0.05) is 0 Å². The SMILES string of the molecule is Cn1cc2c(c1C(=O)Nc1ccc(F)c(C#N)c1)CC[C@H](CO)NS2(=O)=O. The largest absolute Gasteiger partial charge is 0.395 e. The lowest BCUT2D eigenvalue weighted by Gasteiger charge is -2.12. The molecule has 0 saturated carbocycles. The summed E-state index contributed by atoms with van der Waals surface area (Å²) in [5, 5.41) is 20.8. The second kappa shape index (κ2) is 7.11. The molecule has 0 fully saturated rings. The first-order valence-electron chi connectivity index (χ1n) is 8.09. The molecule has 1 aliphatic rings. The lowest BCUT2D eigenvalue weighted by Crippen LogP contribution is -2.36. The number of rotatable bonds is 3. The number of nitrogens with zero attached hydrogens (tertiary/aromatic N) is 2. The third kappa shape index (κ3) is 3.57. The molecule has 2 heterocycles. The Balaban J connectivity index is 1.98. The minimum atomic E-state index is -3.87. The number of halogens is 1. The third-order valence-electron chi connectivity index (χ3n) is 4.38. The molecule has 142 valence electrons. The number of aryl methyl sites for hydroxylation is 1.